The number of rotatable bonds is 5. The molecule has 2 N–H and O–H groups in total. The van der Waals surface area contributed by atoms with E-state index in [4.69, 9.17) is 11.6 Å². The van der Waals surface area contributed by atoms with Crippen LogP contribution in [0.3, 0.4) is 0 Å². The Bertz CT molecular complexity index is 532. The highest BCUT2D eigenvalue weighted by molar-refractivity contribution is 7.83. The Kier molecular flexibility index (Phi) is 5.34. The number of hydrogen-bond donors (Lipinski definition) is 2. The molecular weight excluding hydrogens is 290 g/mol. The fourth-order valence-corrected chi connectivity index (χ4v) is 3.38. The molecule has 0 aliphatic carbocycles. The molecule has 1 rings (SSSR count). The lowest BCUT2D eigenvalue weighted by Crippen LogP contribution is -2.45. The number of hydrogen-bond acceptors (Lipinski definition) is 3. The van der Waals surface area contributed by atoms with Gasteiger partial charge in [0.1, 0.15) is 0 Å². The second-order valence-corrected chi connectivity index (χ2v) is 6.33. The van der Waals surface area contributed by atoms with E-state index in [-0.39, 0.29) is 0 Å². The molecule has 0 heterocycles. The van der Waals surface area contributed by atoms with E-state index in [1.807, 2.05) is 0 Å². The maximum absolute atomic E-state index is 11.4. The van der Waals surface area contributed by atoms with Crippen LogP contribution in [0.25, 0.3) is 0 Å². The van der Waals surface area contributed by atoms with Crippen molar-refractivity contribution < 1.29 is 18.1 Å². The Morgan fingerprint density at radius 3 is 2.16 bits per heavy atom. The molecule has 19 heavy (non-hydrogen) atoms. The summed E-state index contributed by atoms with van der Waals surface area (Å²) in [5, 5.41) is 10.6. The van der Waals surface area contributed by atoms with Gasteiger partial charge >= 0.3 is 10.3 Å². The molecule has 0 fully saturated rings. The van der Waals surface area contributed by atoms with Crippen LogP contribution in [0.1, 0.15) is 32.4 Å². The molecular formula is C12H18ClNO4S. The summed E-state index contributed by atoms with van der Waals surface area (Å²) in [5.41, 5.74) is 0.422. The molecule has 0 saturated carbocycles. The Morgan fingerprint density at radius 1 is 1.21 bits per heavy atom. The quantitative estimate of drug-likeness (QED) is 0.818. The maximum atomic E-state index is 11.4. The van der Waals surface area contributed by atoms with Crippen molar-refractivity contribution in [1.29, 1.82) is 0 Å². The fraction of sp³-hybridized carbons (Fsp3) is 0.500. The third kappa shape index (κ3) is 3.90. The minimum Gasteiger partial charge on any atom is -0.387 e. The van der Waals surface area contributed by atoms with Crippen molar-refractivity contribution in [1.82, 2.24) is 4.31 Å². The summed E-state index contributed by atoms with van der Waals surface area (Å²) in [5.74, 6) is 0. The number of halogens is 1. The van der Waals surface area contributed by atoms with Crippen molar-refractivity contribution in [2.75, 3.05) is 0 Å². The van der Waals surface area contributed by atoms with Crippen molar-refractivity contribution in [2.24, 2.45) is 0 Å². The monoisotopic (exact) mass is 307 g/mol. The van der Waals surface area contributed by atoms with E-state index in [9.17, 15) is 18.1 Å². The Morgan fingerprint density at radius 2 is 1.74 bits per heavy atom. The zero-order valence-electron chi connectivity index (χ0n) is 11.0. The van der Waals surface area contributed by atoms with Crippen LogP contribution < -0.4 is 0 Å². The second kappa shape index (κ2) is 6.19. The molecule has 7 heteroatoms. The largest absolute Gasteiger partial charge is 0.387 e. The summed E-state index contributed by atoms with van der Waals surface area (Å²) in [6.45, 7) is 4.74. The fourth-order valence-electron chi connectivity index (χ4n) is 2.06. The van der Waals surface area contributed by atoms with E-state index in [1.165, 1.54) is 6.92 Å². The SMILES string of the molecule is CC(C)N([C@@H](C)[C@@H](O)c1ccccc1Cl)S(=O)(=O)O. The van der Waals surface area contributed by atoms with Crippen molar-refractivity contribution in [2.45, 2.75) is 39.0 Å². The number of aliphatic hydroxyl groups excluding tert-OH is 1. The standard InChI is InChI=1S/C12H18ClNO4S/c1-8(2)14(19(16,17)18)9(3)12(15)10-6-4-5-7-11(10)13/h4-9,12,15H,1-3H3,(H,16,17,18)/t9-,12+/m0/s1. The normalized spacial score (nSPS) is 15.8. The van der Waals surface area contributed by atoms with Crippen LogP contribution in [0.15, 0.2) is 24.3 Å². The highest BCUT2D eigenvalue weighted by Crippen LogP contribution is 2.29. The molecule has 0 spiro atoms. The van der Waals surface area contributed by atoms with Crippen LogP contribution in [0, 0.1) is 0 Å². The predicted octanol–water partition coefficient (Wildman–Crippen LogP) is 2.28. The molecule has 0 aromatic heterocycles. The Hall–Kier alpha value is -0.660. The molecule has 0 bridgehead atoms. The van der Waals surface area contributed by atoms with Crippen molar-refractivity contribution in [3.05, 3.63) is 34.9 Å². The van der Waals surface area contributed by atoms with E-state index in [0.29, 0.717) is 10.6 Å². The van der Waals surface area contributed by atoms with Gasteiger partial charge in [0.15, 0.2) is 0 Å². The first-order valence-corrected chi connectivity index (χ1v) is 7.62. The summed E-state index contributed by atoms with van der Waals surface area (Å²) < 4.78 is 32.8. The third-order valence-corrected chi connectivity index (χ3v) is 4.49. The average molecular weight is 308 g/mol. The van der Waals surface area contributed by atoms with Crippen molar-refractivity contribution in [3.8, 4) is 0 Å². The van der Waals surface area contributed by atoms with Gasteiger partial charge < -0.3 is 5.11 Å². The molecule has 108 valence electrons. The average Bonchev–Trinajstić information content (AvgIpc) is 2.26. The van der Waals surface area contributed by atoms with Gasteiger partial charge in [0.2, 0.25) is 0 Å². The molecule has 1 aromatic rings. The highest BCUT2D eigenvalue weighted by Gasteiger charge is 2.33. The first kappa shape index (κ1) is 16.4. The van der Waals surface area contributed by atoms with E-state index in [0.717, 1.165) is 4.31 Å². The van der Waals surface area contributed by atoms with Crippen molar-refractivity contribution >= 4 is 21.9 Å². The predicted molar refractivity (Wildman–Crippen MR) is 74.4 cm³/mol. The molecule has 5 nitrogen and oxygen atoms in total. The molecule has 0 saturated heterocycles. The molecule has 0 unspecified atom stereocenters. The third-order valence-electron chi connectivity index (χ3n) is 2.86. The molecule has 0 aliphatic heterocycles. The van der Waals surface area contributed by atoms with Crippen LogP contribution in [0.4, 0.5) is 0 Å². The topological polar surface area (TPSA) is 77.8 Å². The van der Waals surface area contributed by atoms with Gasteiger partial charge in [0, 0.05) is 16.6 Å². The van der Waals surface area contributed by atoms with Gasteiger partial charge in [-0.1, -0.05) is 29.8 Å². The summed E-state index contributed by atoms with van der Waals surface area (Å²) >= 11 is 5.97. The van der Waals surface area contributed by atoms with Gasteiger partial charge in [-0.3, -0.25) is 4.55 Å². The lowest BCUT2D eigenvalue weighted by Gasteiger charge is -2.32. The van der Waals surface area contributed by atoms with Gasteiger partial charge in [0.25, 0.3) is 0 Å². The number of aliphatic hydroxyl groups is 1. The van der Waals surface area contributed by atoms with Gasteiger partial charge in [-0.05, 0) is 26.8 Å². The minimum absolute atomic E-state index is 0.348. The highest BCUT2D eigenvalue weighted by atomic mass is 35.5. The molecule has 0 amide bonds. The zero-order valence-corrected chi connectivity index (χ0v) is 12.6. The van der Waals surface area contributed by atoms with Gasteiger partial charge in [-0.15, -0.1) is 0 Å². The van der Waals surface area contributed by atoms with Crippen LogP contribution in [0.5, 0.6) is 0 Å². The summed E-state index contributed by atoms with van der Waals surface area (Å²) in [6.07, 6.45) is -1.13. The van der Waals surface area contributed by atoms with E-state index >= 15 is 0 Å². The number of nitrogens with zero attached hydrogens (tertiary/aromatic N) is 1. The first-order valence-electron chi connectivity index (χ1n) is 5.84. The van der Waals surface area contributed by atoms with Gasteiger partial charge in [0.05, 0.1) is 12.1 Å². The molecule has 0 radical (unpaired) electrons. The summed E-state index contributed by atoms with van der Waals surface area (Å²) in [6, 6.07) is 5.32. The Balaban J connectivity index is 3.11. The van der Waals surface area contributed by atoms with E-state index < -0.39 is 28.5 Å². The summed E-state index contributed by atoms with van der Waals surface area (Å²) in [4.78, 5) is 0. The minimum atomic E-state index is -4.40. The molecule has 1 aromatic carbocycles. The van der Waals surface area contributed by atoms with E-state index in [1.54, 1.807) is 38.1 Å². The van der Waals surface area contributed by atoms with E-state index in [2.05, 4.69) is 0 Å². The Labute approximate surface area is 118 Å². The first-order chi connectivity index (χ1) is 8.66. The van der Waals surface area contributed by atoms with Crippen LogP contribution in [0.2, 0.25) is 5.02 Å². The molecule has 2 atom stereocenters. The van der Waals surface area contributed by atoms with Gasteiger partial charge in [-0.2, -0.15) is 12.7 Å². The molecule has 0 aliphatic rings. The lowest BCUT2D eigenvalue weighted by molar-refractivity contribution is 0.0826. The van der Waals surface area contributed by atoms with Crippen molar-refractivity contribution in [3.63, 3.8) is 0 Å². The zero-order chi connectivity index (χ0) is 14.8. The van der Waals surface area contributed by atoms with Crippen LogP contribution in [-0.4, -0.2) is 34.5 Å². The summed E-state index contributed by atoms with van der Waals surface area (Å²) in [7, 11) is -4.40. The van der Waals surface area contributed by atoms with Crippen LogP contribution in [-0.2, 0) is 10.3 Å². The number of benzene rings is 1. The maximum Gasteiger partial charge on any atom is 0.336 e. The smallest absolute Gasteiger partial charge is 0.336 e. The van der Waals surface area contributed by atoms with Gasteiger partial charge in [-0.25, -0.2) is 0 Å². The lowest BCUT2D eigenvalue weighted by atomic mass is 10.0. The van der Waals surface area contributed by atoms with Crippen LogP contribution >= 0.6 is 11.6 Å². The second-order valence-electron chi connectivity index (χ2n) is 4.61.